The molecule has 0 radical (unpaired) electrons. The molecule has 2 aliphatic rings. The van der Waals surface area contributed by atoms with E-state index < -0.39 is 5.54 Å². The van der Waals surface area contributed by atoms with E-state index in [1.165, 1.54) is 16.0 Å². The lowest BCUT2D eigenvalue weighted by molar-refractivity contribution is -0.0475. The topological polar surface area (TPSA) is 45.2 Å². The maximum absolute atomic E-state index is 15.4. The fourth-order valence-electron chi connectivity index (χ4n) is 8.01. The van der Waals surface area contributed by atoms with Crippen LogP contribution in [0.3, 0.4) is 0 Å². The van der Waals surface area contributed by atoms with Crippen molar-refractivity contribution in [3.8, 4) is 0 Å². The molecule has 2 fully saturated rings. The second kappa shape index (κ2) is 15.5. The number of carbonyl (C=O) groups is 1. The highest BCUT2D eigenvalue weighted by Gasteiger charge is 2.54. The van der Waals surface area contributed by atoms with Gasteiger partial charge in [-0.3, -0.25) is 14.6 Å². The summed E-state index contributed by atoms with van der Waals surface area (Å²) in [4.78, 5) is 23.8. The Bertz CT molecular complexity index is 1390. The smallest absolute Gasteiger partial charge is 0.183 e. The SMILES string of the molecule is CCC(C)(C(c1ccc(SC)cc1)C(C)C(Cc1ccccc1)(C(=O)c1ccc(N2CCOCC2)cc1)N(C)C)N1CCOCC1. The van der Waals surface area contributed by atoms with Crippen molar-refractivity contribution >= 4 is 23.2 Å². The summed E-state index contributed by atoms with van der Waals surface area (Å²) >= 11 is 1.76. The van der Waals surface area contributed by atoms with E-state index in [9.17, 15) is 0 Å². The Morgan fingerprint density at radius 2 is 1.46 bits per heavy atom. The van der Waals surface area contributed by atoms with Crippen molar-refractivity contribution in [3.63, 3.8) is 0 Å². The molecule has 46 heavy (non-hydrogen) atoms. The van der Waals surface area contributed by atoms with Gasteiger partial charge in [-0.1, -0.05) is 56.3 Å². The number of hydrogen-bond acceptors (Lipinski definition) is 7. The molecule has 0 amide bonds. The molecular weight excluding hydrogens is 591 g/mol. The van der Waals surface area contributed by atoms with Crippen molar-refractivity contribution in [2.75, 3.05) is 77.9 Å². The lowest BCUT2D eigenvalue weighted by atomic mass is 9.61. The van der Waals surface area contributed by atoms with Gasteiger partial charge in [-0.25, -0.2) is 0 Å². The largest absolute Gasteiger partial charge is 0.379 e. The van der Waals surface area contributed by atoms with Crippen LogP contribution in [0.15, 0.2) is 83.8 Å². The summed E-state index contributed by atoms with van der Waals surface area (Å²) in [6.07, 6.45) is 3.71. The van der Waals surface area contributed by atoms with E-state index in [1.54, 1.807) is 11.8 Å². The van der Waals surface area contributed by atoms with Crippen molar-refractivity contribution in [3.05, 3.63) is 95.6 Å². The predicted molar refractivity (Wildman–Crippen MR) is 192 cm³/mol. The zero-order valence-electron chi connectivity index (χ0n) is 28.7. The first-order valence-electron chi connectivity index (χ1n) is 16.9. The van der Waals surface area contributed by atoms with Crippen LogP contribution in [0.4, 0.5) is 5.69 Å². The summed E-state index contributed by atoms with van der Waals surface area (Å²) in [5, 5.41) is 0. The minimum atomic E-state index is -0.812. The average molecular weight is 644 g/mol. The molecule has 4 unspecified atom stereocenters. The molecule has 0 N–H and O–H groups in total. The lowest BCUT2D eigenvalue weighted by Gasteiger charge is -2.55. The van der Waals surface area contributed by atoms with Crippen LogP contribution in [0.1, 0.15) is 54.6 Å². The van der Waals surface area contributed by atoms with Crippen LogP contribution in [0.2, 0.25) is 0 Å². The van der Waals surface area contributed by atoms with E-state index in [0.717, 1.165) is 70.3 Å². The number of morpholine rings is 2. The number of ether oxygens (including phenoxy) is 2. The van der Waals surface area contributed by atoms with Crippen LogP contribution in [-0.2, 0) is 15.9 Å². The quantitative estimate of drug-likeness (QED) is 0.149. The summed E-state index contributed by atoms with van der Waals surface area (Å²) < 4.78 is 11.4. The first-order chi connectivity index (χ1) is 22.2. The van der Waals surface area contributed by atoms with Crippen LogP contribution < -0.4 is 4.90 Å². The van der Waals surface area contributed by atoms with E-state index >= 15 is 4.79 Å². The Labute approximate surface area is 281 Å². The summed E-state index contributed by atoms with van der Waals surface area (Å²) in [5.41, 5.74) is 3.35. The van der Waals surface area contributed by atoms with Crippen LogP contribution in [-0.4, -0.2) is 99.6 Å². The number of carbonyl (C=O) groups excluding carboxylic acids is 1. The Morgan fingerprint density at radius 3 is 2.00 bits per heavy atom. The third-order valence-electron chi connectivity index (χ3n) is 10.9. The molecule has 3 aromatic carbocycles. The van der Waals surface area contributed by atoms with E-state index in [0.29, 0.717) is 6.42 Å². The number of nitrogens with zero attached hydrogens (tertiary/aromatic N) is 3. The number of benzene rings is 3. The summed E-state index contributed by atoms with van der Waals surface area (Å²) in [6, 6.07) is 28.0. The van der Waals surface area contributed by atoms with Gasteiger partial charge in [0.05, 0.1) is 32.0 Å². The number of likely N-dealkylation sites (N-methyl/N-ethyl adjacent to an activating group) is 1. The molecule has 2 heterocycles. The molecule has 0 spiro atoms. The fraction of sp³-hybridized carbons (Fsp3) is 0.513. The zero-order valence-corrected chi connectivity index (χ0v) is 29.5. The molecule has 0 bridgehead atoms. The first kappa shape index (κ1) is 34.6. The highest BCUT2D eigenvalue weighted by molar-refractivity contribution is 7.98. The second-order valence-corrected chi connectivity index (χ2v) is 14.2. The van der Waals surface area contributed by atoms with Gasteiger partial charge < -0.3 is 14.4 Å². The average Bonchev–Trinajstić information content (AvgIpc) is 3.11. The van der Waals surface area contributed by atoms with Gasteiger partial charge in [0, 0.05) is 53.8 Å². The molecule has 5 rings (SSSR count). The molecule has 7 heteroatoms. The number of Topliss-reactive ketones (excluding diaryl/α,β-unsaturated/α-hetero) is 1. The van der Waals surface area contributed by atoms with Crippen molar-refractivity contribution in [1.82, 2.24) is 9.80 Å². The van der Waals surface area contributed by atoms with Crippen LogP contribution >= 0.6 is 11.8 Å². The van der Waals surface area contributed by atoms with Gasteiger partial charge in [0.2, 0.25) is 0 Å². The minimum Gasteiger partial charge on any atom is -0.379 e. The summed E-state index contributed by atoms with van der Waals surface area (Å²) in [5.74, 6) is 0.213. The number of anilines is 1. The molecule has 6 nitrogen and oxygen atoms in total. The Kier molecular flexibility index (Phi) is 11.7. The van der Waals surface area contributed by atoms with Gasteiger partial charge >= 0.3 is 0 Å². The van der Waals surface area contributed by atoms with E-state index in [2.05, 4.69) is 123 Å². The van der Waals surface area contributed by atoms with Crippen molar-refractivity contribution in [2.24, 2.45) is 5.92 Å². The molecular formula is C39H53N3O3S. The molecule has 2 saturated heterocycles. The Balaban J connectivity index is 1.65. The predicted octanol–water partition coefficient (Wildman–Crippen LogP) is 6.89. The standard InChI is InChI=1S/C39H53N3O3S/c1-7-38(3,42-23-27-45-28-24-42)36(32-15-19-35(46-6)20-16-32)30(2)39(40(4)5,29-31-11-9-8-10-12-31)37(43)33-13-17-34(18-14-33)41-21-25-44-26-22-41/h8-20,30,36H,7,21-29H2,1-6H3. The molecule has 3 aromatic rings. The minimum absolute atomic E-state index is 0.0398. The highest BCUT2D eigenvalue weighted by atomic mass is 32.2. The lowest BCUT2D eigenvalue weighted by Crippen LogP contribution is -2.64. The third kappa shape index (κ3) is 7.09. The van der Waals surface area contributed by atoms with Gasteiger partial charge in [-0.2, -0.15) is 0 Å². The summed E-state index contributed by atoms with van der Waals surface area (Å²) in [7, 11) is 4.21. The molecule has 0 aromatic heterocycles. The van der Waals surface area contributed by atoms with Gasteiger partial charge in [0.15, 0.2) is 5.78 Å². The van der Waals surface area contributed by atoms with Gasteiger partial charge in [-0.05, 0) is 93.6 Å². The fourth-order valence-corrected chi connectivity index (χ4v) is 8.41. The number of rotatable bonds is 13. The van der Waals surface area contributed by atoms with Gasteiger partial charge in [0.1, 0.15) is 0 Å². The van der Waals surface area contributed by atoms with E-state index in [4.69, 9.17) is 9.47 Å². The Morgan fingerprint density at radius 1 is 0.870 bits per heavy atom. The van der Waals surface area contributed by atoms with Crippen LogP contribution in [0, 0.1) is 5.92 Å². The maximum Gasteiger partial charge on any atom is 0.183 e. The highest BCUT2D eigenvalue weighted by Crippen LogP contribution is 2.49. The zero-order chi connectivity index (χ0) is 32.7. The molecule has 2 aliphatic heterocycles. The van der Waals surface area contributed by atoms with Crippen LogP contribution in [0.25, 0.3) is 0 Å². The maximum atomic E-state index is 15.4. The number of hydrogen-bond donors (Lipinski definition) is 0. The van der Waals surface area contributed by atoms with Crippen LogP contribution in [0.5, 0.6) is 0 Å². The molecule has 248 valence electrons. The van der Waals surface area contributed by atoms with E-state index in [1.807, 2.05) is 12.1 Å². The number of thioether (sulfide) groups is 1. The van der Waals surface area contributed by atoms with Gasteiger partial charge in [0.25, 0.3) is 0 Å². The van der Waals surface area contributed by atoms with Gasteiger partial charge in [-0.15, -0.1) is 11.8 Å². The summed E-state index contributed by atoms with van der Waals surface area (Å²) in [6.45, 7) is 13.5. The van der Waals surface area contributed by atoms with Crippen molar-refractivity contribution in [2.45, 2.75) is 55.5 Å². The normalized spacial score (nSPS) is 20.1. The van der Waals surface area contributed by atoms with E-state index in [-0.39, 0.29) is 23.2 Å². The van der Waals surface area contributed by atoms with Crippen molar-refractivity contribution in [1.29, 1.82) is 0 Å². The third-order valence-corrected chi connectivity index (χ3v) is 11.6. The molecule has 0 aliphatic carbocycles. The number of ketones is 1. The first-order valence-corrected chi connectivity index (χ1v) is 18.1. The molecule has 4 atom stereocenters. The second-order valence-electron chi connectivity index (χ2n) is 13.3. The van der Waals surface area contributed by atoms with Crippen molar-refractivity contribution < 1.29 is 14.3 Å². The monoisotopic (exact) mass is 643 g/mol. The molecule has 0 saturated carbocycles. The Hall–Kier alpha value is -2.68.